The van der Waals surface area contributed by atoms with Gasteiger partial charge in [0.25, 0.3) is 5.56 Å². The third-order valence-corrected chi connectivity index (χ3v) is 7.79. The van der Waals surface area contributed by atoms with Gasteiger partial charge in [0.05, 0.1) is 5.69 Å². The molecule has 0 atom stereocenters. The summed E-state index contributed by atoms with van der Waals surface area (Å²) in [7, 11) is 0. The van der Waals surface area contributed by atoms with Crippen molar-refractivity contribution >= 4 is 22.7 Å². The molecular weight excluding hydrogens is 449 g/mol. The molecule has 2 aliphatic carbocycles. The lowest BCUT2D eigenvalue weighted by molar-refractivity contribution is 0.411. The predicted octanol–water partition coefficient (Wildman–Crippen LogP) is 3.47. The van der Waals surface area contributed by atoms with Crippen molar-refractivity contribution < 1.29 is 8.81 Å². The van der Waals surface area contributed by atoms with E-state index < -0.39 is 12.1 Å². The highest BCUT2D eigenvalue weighted by atomic mass is 19.1. The van der Waals surface area contributed by atoms with Crippen LogP contribution in [0.15, 0.2) is 39.9 Å². The minimum atomic E-state index is -0.551. The summed E-state index contributed by atoms with van der Waals surface area (Å²) in [6.45, 7) is 2.77. The monoisotopic (exact) mass is 475 g/mol. The number of aromatic nitrogens is 5. The molecule has 2 saturated carbocycles. The van der Waals surface area contributed by atoms with Crippen molar-refractivity contribution in [3.63, 3.8) is 0 Å². The highest BCUT2D eigenvalue weighted by Crippen LogP contribution is 2.49. The van der Waals surface area contributed by atoms with E-state index in [0.29, 0.717) is 29.2 Å². The first-order valence-corrected chi connectivity index (χ1v) is 12.2. The van der Waals surface area contributed by atoms with Crippen molar-refractivity contribution in [1.29, 1.82) is 0 Å². The van der Waals surface area contributed by atoms with Crippen LogP contribution in [-0.2, 0) is 23.9 Å². The van der Waals surface area contributed by atoms with Crippen LogP contribution < -0.4 is 16.2 Å². The Kier molecular flexibility index (Phi) is 4.30. The van der Waals surface area contributed by atoms with Crippen LogP contribution in [0, 0.1) is 0 Å². The second kappa shape index (κ2) is 7.24. The van der Waals surface area contributed by atoms with Crippen molar-refractivity contribution in [3.8, 4) is 6.01 Å². The van der Waals surface area contributed by atoms with Crippen molar-refractivity contribution in [2.45, 2.75) is 56.5 Å². The van der Waals surface area contributed by atoms with E-state index in [1.54, 1.807) is 4.68 Å². The predicted molar refractivity (Wildman–Crippen MR) is 128 cm³/mol. The molecule has 0 radical (unpaired) electrons. The maximum atomic E-state index is 13.6. The Morgan fingerprint density at radius 1 is 1.23 bits per heavy atom. The molecule has 3 aromatic heterocycles. The number of nitrogens with one attached hydrogen (secondary N) is 2. The maximum Gasteiger partial charge on any atom is 0.323 e. The zero-order valence-electron chi connectivity index (χ0n) is 19.5. The molecule has 10 heteroatoms. The van der Waals surface area contributed by atoms with Crippen LogP contribution in [0.3, 0.4) is 0 Å². The van der Waals surface area contributed by atoms with Gasteiger partial charge in [0.2, 0.25) is 5.95 Å². The molecule has 0 saturated heterocycles. The Bertz CT molecular complexity index is 1530. The van der Waals surface area contributed by atoms with Gasteiger partial charge < -0.3 is 15.1 Å². The molecule has 3 aliphatic rings. The molecule has 0 unspecified atom stereocenters. The number of hydrogen-bond donors (Lipinski definition) is 2. The fraction of sp³-hybridized carbons (Fsp3) is 0.440. The Balaban J connectivity index is 1.28. The first-order valence-electron chi connectivity index (χ1n) is 12.2. The fourth-order valence-corrected chi connectivity index (χ4v) is 5.36. The van der Waals surface area contributed by atoms with Crippen LogP contribution >= 0.6 is 0 Å². The van der Waals surface area contributed by atoms with Crippen LogP contribution in [0.4, 0.5) is 16.0 Å². The van der Waals surface area contributed by atoms with Crippen LogP contribution in [-0.4, -0.2) is 37.5 Å². The van der Waals surface area contributed by atoms with Gasteiger partial charge in [-0.1, -0.05) is 6.07 Å². The third kappa shape index (κ3) is 3.09. The lowest BCUT2D eigenvalue weighted by Crippen LogP contribution is -2.36. The maximum absolute atomic E-state index is 13.6. The summed E-state index contributed by atoms with van der Waals surface area (Å²) in [5, 5.41) is 7.32. The quantitative estimate of drug-likeness (QED) is 0.440. The van der Waals surface area contributed by atoms with E-state index in [1.807, 2.05) is 6.92 Å². The number of anilines is 2. The summed E-state index contributed by atoms with van der Waals surface area (Å²) in [5.41, 5.74) is 4.01. The van der Waals surface area contributed by atoms with Gasteiger partial charge in [-0.25, -0.2) is 9.67 Å². The van der Waals surface area contributed by atoms with E-state index in [4.69, 9.17) is 4.42 Å². The van der Waals surface area contributed by atoms with E-state index in [9.17, 15) is 9.18 Å². The normalized spacial score (nSPS) is 19.1. The summed E-state index contributed by atoms with van der Waals surface area (Å²) in [6, 6.07) is 6.61. The molecule has 1 aliphatic heterocycles. The van der Waals surface area contributed by atoms with Gasteiger partial charge >= 0.3 is 6.01 Å². The molecule has 7 rings (SSSR count). The Morgan fingerprint density at radius 3 is 2.83 bits per heavy atom. The van der Waals surface area contributed by atoms with Gasteiger partial charge in [-0.05, 0) is 62.3 Å². The third-order valence-electron chi connectivity index (χ3n) is 7.79. The molecule has 2 fully saturated rings. The second-order valence-corrected chi connectivity index (χ2v) is 9.95. The molecule has 4 aromatic rings. The Hall–Kier alpha value is -3.53. The number of alkyl halides is 1. The summed E-state index contributed by atoms with van der Waals surface area (Å²) >= 11 is 0. The Labute approximate surface area is 200 Å². The number of fused-ring (bicyclic) bond motifs is 3. The van der Waals surface area contributed by atoms with E-state index in [0.717, 1.165) is 31.5 Å². The SMILES string of the molecule is CCn1c(=O)c2cnc(Nc3ccc4c(c3)CCNC43CC3)nc2n1-c1nc(C2(CF)CC2)co1. The first kappa shape index (κ1) is 20.8. The zero-order valence-corrected chi connectivity index (χ0v) is 19.5. The topological polar surface area (TPSA) is 103 Å². The number of oxazole rings is 1. The molecule has 35 heavy (non-hydrogen) atoms. The molecule has 4 heterocycles. The van der Waals surface area contributed by atoms with E-state index in [1.165, 1.54) is 41.1 Å². The number of rotatable bonds is 6. The highest BCUT2D eigenvalue weighted by Gasteiger charge is 2.48. The highest BCUT2D eigenvalue weighted by molar-refractivity contribution is 5.76. The van der Waals surface area contributed by atoms with E-state index >= 15 is 0 Å². The van der Waals surface area contributed by atoms with Gasteiger partial charge in [0.15, 0.2) is 5.65 Å². The zero-order chi connectivity index (χ0) is 23.8. The van der Waals surface area contributed by atoms with Crippen molar-refractivity contribution in [2.24, 2.45) is 0 Å². The number of halogens is 1. The van der Waals surface area contributed by atoms with Gasteiger partial charge in [-0.15, -0.1) is 0 Å². The van der Waals surface area contributed by atoms with Crippen molar-refractivity contribution in [3.05, 3.63) is 57.8 Å². The lowest BCUT2D eigenvalue weighted by Gasteiger charge is -2.27. The number of nitrogens with zero attached hydrogens (tertiary/aromatic N) is 5. The average Bonchev–Trinajstić information content (AvgIpc) is 3.77. The largest absolute Gasteiger partial charge is 0.430 e. The minimum Gasteiger partial charge on any atom is -0.430 e. The molecular formula is C25H26FN7O2. The molecule has 1 spiro atoms. The molecule has 0 bridgehead atoms. The molecule has 0 amide bonds. The summed E-state index contributed by atoms with van der Waals surface area (Å²) in [6.07, 6.45) is 7.88. The van der Waals surface area contributed by atoms with Gasteiger partial charge in [0.1, 0.15) is 18.3 Å². The molecule has 9 nitrogen and oxygen atoms in total. The average molecular weight is 476 g/mol. The summed E-state index contributed by atoms with van der Waals surface area (Å²) < 4.78 is 22.4. The number of hydrogen-bond acceptors (Lipinski definition) is 7. The van der Waals surface area contributed by atoms with Crippen LogP contribution in [0.2, 0.25) is 0 Å². The Morgan fingerprint density at radius 2 is 2.09 bits per heavy atom. The summed E-state index contributed by atoms with van der Waals surface area (Å²) in [5.74, 6) is 0.378. The molecule has 1 aromatic carbocycles. The van der Waals surface area contributed by atoms with Gasteiger partial charge in [-0.3, -0.25) is 9.18 Å². The van der Waals surface area contributed by atoms with Crippen molar-refractivity contribution in [1.82, 2.24) is 29.6 Å². The molecule has 180 valence electrons. The van der Waals surface area contributed by atoms with E-state index in [2.05, 4.69) is 43.8 Å². The second-order valence-electron chi connectivity index (χ2n) is 9.95. The van der Waals surface area contributed by atoms with Gasteiger partial charge in [-0.2, -0.15) is 14.6 Å². The fourth-order valence-electron chi connectivity index (χ4n) is 5.36. The van der Waals surface area contributed by atoms with Crippen LogP contribution in [0.1, 0.15) is 49.4 Å². The number of benzene rings is 1. The van der Waals surface area contributed by atoms with E-state index in [-0.39, 0.29) is 17.1 Å². The van der Waals surface area contributed by atoms with Crippen LogP contribution in [0.5, 0.6) is 0 Å². The minimum absolute atomic E-state index is 0.177. The summed E-state index contributed by atoms with van der Waals surface area (Å²) in [4.78, 5) is 26.7. The van der Waals surface area contributed by atoms with Crippen molar-refractivity contribution in [2.75, 3.05) is 18.5 Å². The van der Waals surface area contributed by atoms with Gasteiger partial charge in [0, 0.05) is 35.9 Å². The van der Waals surface area contributed by atoms with Crippen LogP contribution in [0.25, 0.3) is 17.0 Å². The smallest absolute Gasteiger partial charge is 0.323 e. The first-order chi connectivity index (χ1) is 17.1. The lowest BCUT2D eigenvalue weighted by atomic mass is 9.92. The standard InChI is InChI=1S/C25H26FN7O2/c1-2-32-21(34)17-12-27-22(29-16-3-4-18-15(11-16)5-10-28-25(18)8-9-25)31-20(17)33(32)23-30-19(13-35-23)24(14-26)6-7-24/h3-4,11-13,28H,2,5-10,14H2,1H3,(H,27,29,31). The molecule has 2 N–H and O–H groups in total.